The van der Waals surface area contributed by atoms with Crippen molar-refractivity contribution in [3.63, 3.8) is 0 Å². The molecule has 0 fully saturated rings. The number of aliphatic carboxylic acids is 3. The molecule has 0 rings (SSSR count). The van der Waals surface area contributed by atoms with Gasteiger partial charge < -0.3 is 37.0 Å². The smallest absolute Gasteiger partial charge is 0.326 e. The number of nitrogens with one attached hydrogen (secondary N) is 3. The van der Waals surface area contributed by atoms with Crippen LogP contribution in [0.2, 0.25) is 0 Å². The van der Waals surface area contributed by atoms with Crippen molar-refractivity contribution in [2.45, 2.75) is 70.6 Å². The molecule has 0 radical (unpaired) electrons. The molecule has 0 aromatic carbocycles. The van der Waals surface area contributed by atoms with Crippen LogP contribution in [0.3, 0.4) is 0 Å². The number of carbonyl (C=O) groups is 6. The number of carboxylic acids is 3. The first-order chi connectivity index (χ1) is 14.3. The maximum Gasteiger partial charge on any atom is 0.326 e. The summed E-state index contributed by atoms with van der Waals surface area (Å²) in [6.07, 6.45) is -1.21. The van der Waals surface area contributed by atoms with Gasteiger partial charge in [-0.25, -0.2) is 4.79 Å². The van der Waals surface area contributed by atoms with Gasteiger partial charge in [-0.3, -0.25) is 24.0 Å². The molecule has 0 aromatic rings. The second-order valence-corrected chi connectivity index (χ2v) is 7.13. The van der Waals surface area contributed by atoms with Gasteiger partial charge in [0.2, 0.25) is 17.7 Å². The summed E-state index contributed by atoms with van der Waals surface area (Å²) in [6, 6.07) is -5.24. The highest BCUT2D eigenvalue weighted by Gasteiger charge is 2.30. The van der Waals surface area contributed by atoms with Crippen molar-refractivity contribution in [1.29, 1.82) is 0 Å². The molecule has 0 heterocycles. The first-order valence-corrected chi connectivity index (χ1v) is 9.63. The van der Waals surface area contributed by atoms with E-state index in [2.05, 4.69) is 10.6 Å². The normalized spacial score (nSPS) is 15.5. The zero-order chi connectivity index (χ0) is 24.3. The molecular weight excluding hydrogens is 416 g/mol. The SMILES string of the molecule is CCC(C)C(N)C(=O)NC(C)C(=O)NC(CCC(=O)O)C(=O)NC(CC(=O)O)C(=O)O. The molecule has 8 N–H and O–H groups in total. The van der Waals surface area contributed by atoms with Gasteiger partial charge in [0.25, 0.3) is 0 Å². The molecule has 0 bridgehead atoms. The molecular formula is C18H30N4O9. The van der Waals surface area contributed by atoms with Gasteiger partial charge in [-0.05, 0) is 19.3 Å². The van der Waals surface area contributed by atoms with Gasteiger partial charge in [-0.2, -0.15) is 0 Å². The molecule has 5 atom stereocenters. The Kier molecular flexibility index (Phi) is 11.8. The van der Waals surface area contributed by atoms with Crippen LogP contribution in [-0.4, -0.2) is 75.1 Å². The molecule has 13 nitrogen and oxygen atoms in total. The van der Waals surface area contributed by atoms with Crippen molar-refractivity contribution in [2.24, 2.45) is 11.7 Å². The predicted molar refractivity (Wildman–Crippen MR) is 106 cm³/mol. The van der Waals surface area contributed by atoms with E-state index in [1.54, 1.807) is 6.92 Å². The fourth-order valence-corrected chi connectivity index (χ4v) is 2.37. The maximum absolute atomic E-state index is 12.4. The number of carboxylic acid groups (broad SMARTS) is 3. The number of hydrogen-bond acceptors (Lipinski definition) is 7. The van der Waals surface area contributed by atoms with E-state index in [-0.39, 0.29) is 12.3 Å². The molecule has 0 aliphatic heterocycles. The van der Waals surface area contributed by atoms with Gasteiger partial charge in [-0.15, -0.1) is 0 Å². The minimum absolute atomic E-state index is 0.147. The Morgan fingerprint density at radius 2 is 1.35 bits per heavy atom. The number of nitrogens with two attached hydrogens (primary N) is 1. The van der Waals surface area contributed by atoms with Crippen LogP contribution in [0.15, 0.2) is 0 Å². The van der Waals surface area contributed by atoms with Gasteiger partial charge >= 0.3 is 17.9 Å². The molecule has 176 valence electrons. The van der Waals surface area contributed by atoms with Crippen LogP contribution < -0.4 is 21.7 Å². The van der Waals surface area contributed by atoms with E-state index in [4.69, 9.17) is 21.1 Å². The van der Waals surface area contributed by atoms with Gasteiger partial charge in [0.15, 0.2) is 0 Å². The third-order valence-corrected chi connectivity index (χ3v) is 4.58. The highest BCUT2D eigenvalue weighted by Crippen LogP contribution is 2.06. The fourth-order valence-electron chi connectivity index (χ4n) is 2.37. The summed E-state index contributed by atoms with van der Waals surface area (Å²) >= 11 is 0. The molecule has 0 aliphatic carbocycles. The Labute approximate surface area is 178 Å². The number of hydrogen-bond donors (Lipinski definition) is 7. The molecule has 31 heavy (non-hydrogen) atoms. The lowest BCUT2D eigenvalue weighted by molar-refractivity contribution is -0.147. The van der Waals surface area contributed by atoms with Crippen LogP contribution in [0.1, 0.15) is 46.5 Å². The summed E-state index contributed by atoms with van der Waals surface area (Å²) < 4.78 is 0. The van der Waals surface area contributed by atoms with E-state index in [1.165, 1.54) is 6.92 Å². The summed E-state index contributed by atoms with van der Waals surface area (Å²) in [7, 11) is 0. The standard InChI is InChI=1S/C18H30N4O9/c1-4-8(2)14(19)17(29)20-9(3)15(27)21-10(5-6-12(23)24)16(28)22-11(18(30)31)7-13(25)26/h8-11,14H,4-7,19H2,1-3H3,(H,20,29)(H,21,27)(H,22,28)(H,23,24)(H,25,26)(H,30,31). The number of amides is 3. The molecule has 0 saturated carbocycles. The monoisotopic (exact) mass is 446 g/mol. The van der Waals surface area contributed by atoms with Crippen LogP contribution in [0.4, 0.5) is 0 Å². The van der Waals surface area contributed by atoms with Crippen LogP contribution >= 0.6 is 0 Å². The summed E-state index contributed by atoms with van der Waals surface area (Å²) in [5.74, 6) is -7.00. The van der Waals surface area contributed by atoms with Crippen molar-refractivity contribution in [2.75, 3.05) is 0 Å². The van der Waals surface area contributed by atoms with Crippen molar-refractivity contribution in [3.8, 4) is 0 Å². The quantitative estimate of drug-likeness (QED) is 0.159. The van der Waals surface area contributed by atoms with Crippen LogP contribution in [-0.2, 0) is 28.8 Å². The fraction of sp³-hybridized carbons (Fsp3) is 0.667. The second-order valence-electron chi connectivity index (χ2n) is 7.13. The van der Waals surface area contributed by atoms with E-state index in [1.807, 2.05) is 12.2 Å². The topological polar surface area (TPSA) is 225 Å². The number of rotatable bonds is 14. The molecule has 0 aromatic heterocycles. The van der Waals surface area contributed by atoms with E-state index >= 15 is 0 Å². The molecule has 0 saturated heterocycles. The zero-order valence-electron chi connectivity index (χ0n) is 17.6. The third-order valence-electron chi connectivity index (χ3n) is 4.58. The van der Waals surface area contributed by atoms with Gasteiger partial charge in [-0.1, -0.05) is 20.3 Å². The van der Waals surface area contributed by atoms with E-state index in [0.29, 0.717) is 6.42 Å². The van der Waals surface area contributed by atoms with Gasteiger partial charge in [0.05, 0.1) is 12.5 Å². The average Bonchev–Trinajstić information content (AvgIpc) is 2.68. The summed E-state index contributed by atoms with van der Waals surface area (Å²) in [6.45, 7) is 4.93. The molecule has 13 heteroatoms. The van der Waals surface area contributed by atoms with Crippen LogP contribution in [0.25, 0.3) is 0 Å². The Morgan fingerprint density at radius 1 is 0.806 bits per heavy atom. The summed E-state index contributed by atoms with van der Waals surface area (Å²) in [5, 5.41) is 33.2. The highest BCUT2D eigenvalue weighted by atomic mass is 16.4. The maximum atomic E-state index is 12.4. The second kappa shape index (κ2) is 13.2. The van der Waals surface area contributed by atoms with E-state index < -0.39 is 72.6 Å². The predicted octanol–water partition coefficient (Wildman–Crippen LogP) is -1.74. The first-order valence-electron chi connectivity index (χ1n) is 9.63. The Morgan fingerprint density at radius 3 is 1.81 bits per heavy atom. The van der Waals surface area contributed by atoms with Gasteiger partial charge in [0, 0.05) is 6.42 Å². The summed E-state index contributed by atoms with van der Waals surface area (Å²) in [5.41, 5.74) is 5.80. The first kappa shape index (κ1) is 27.8. The minimum atomic E-state index is -1.78. The lowest BCUT2D eigenvalue weighted by atomic mass is 9.99. The Bertz CT molecular complexity index is 698. The zero-order valence-corrected chi connectivity index (χ0v) is 17.6. The van der Waals surface area contributed by atoms with Gasteiger partial charge in [0.1, 0.15) is 18.1 Å². The Balaban J connectivity index is 5.23. The van der Waals surface area contributed by atoms with Crippen molar-refractivity contribution in [3.05, 3.63) is 0 Å². The van der Waals surface area contributed by atoms with Crippen molar-refractivity contribution in [1.82, 2.24) is 16.0 Å². The van der Waals surface area contributed by atoms with Crippen molar-refractivity contribution >= 4 is 35.6 Å². The molecule has 3 amide bonds. The lowest BCUT2D eigenvalue weighted by Gasteiger charge is -2.24. The van der Waals surface area contributed by atoms with Crippen LogP contribution in [0.5, 0.6) is 0 Å². The minimum Gasteiger partial charge on any atom is -0.481 e. The molecule has 5 unspecified atom stereocenters. The molecule has 0 aliphatic rings. The Hall–Kier alpha value is -3.22. The van der Waals surface area contributed by atoms with Crippen molar-refractivity contribution < 1.29 is 44.1 Å². The molecule has 0 spiro atoms. The number of carbonyl (C=O) groups excluding carboxylic acids is 3. The largest absolute Gasteiger partial charge is 0.481 e. The van der Waals surface area contributed by atoms with Crippen LogP contribution in [0, 0.1) is 5.92 Å². The lowest BCUT2D eigenvalue weighted by Crippen LogP contribution is -2.57. The summed E-state index contributed by atoms with van der Waals surface area (Å²) in [4.78, 5) is 69.6. The van der Waals surface area contributed by atoms with E-state index in [0.717, 1.165) is 0 Å². The van der Waals surface area contributed by atoms with E-state index in [9.17, 15) is 28.8 Å². The average molecular weight is 446 g/mol. The highest BCUT2D eigenvalue weighted by molar-refractivity contribution is 5.94. The third kappa shape index (κ3) is 10.4.